The normalized spacial score (nSPS) is 11.5. The molecule has 1 aromatic heterocycles. The third-order valence-electron chi connectivity index (χ3n) is 3.55. The van der Waals surface area contributed by atoms with Gasteiger partial charge >= 0.3 is 0 Å². The van der Waals surface area contributed by atoms with Crippen molar-refractivity contribution in [3.8, 4) is 0 Å². The van der Waals surface area contributed by atoms with E-state index in [1.165, 1.54) is 22.0 Å². The van der Waals surface area contributed by atoms with E-state index in [4.69, 9.17) is 4.74 Å². The van der Waals surface area contributed by atoms with Crippen molar-refractivity contribution in [1.29, 1.82) is 0 Å². The molecule has 1 heterocycles. The molecule has 0 bridgehead atoms. The van der Waals surface area contributed by atoms with E-state index < -0.39 is 0 Å². The van der Waals surface area contributed by atoms with E-state index in [1.54, 1.807) is 0 Å². The summed E-state index contributed by atoms with van der Waals surface area (Å²) in [5.74, 6) is 0. The number of fused-ring (bicyclic) bond motifs is 1. The summed E-state index contributed by atoms with van der Waals surface area (Å²) in [5.41, 5.74) is 3.69. The first-order valence-corrected chi connectivity index (χ1v) is 7.17. The molecule has 0 radical (unpaired) electrons. The molecule has 0 atom stereocenters. The highest BCUT2D eigenvalue weighted by Crippen LogP contribution is 2.21. The van der Waals surface area contributed by atoms with Crippen LogP contribution in [0.5, 0.6) is 0 Å². The Kier molecular flexibility index (Phi) is 4.17. The van der Waals surface area contributed by atoms with E-state index in [1.807, 2.05) is 18.2 Å². The summed E-state index contributed by atoms with van der Waals surface area (Å²) in [4.78, 5) is 0. The lowest BCUT2D eigenvalue weighted by Crippen LogP contribution is -1.91. The Bertz CT molecular complexity index is 741. The Hall–Kier alpha value is -2.32. The first kappa shape index (κ1) is 13.7. The first-order valence-electron chi connectivity index (χ1n) is 7.17. The van der Waals surface area contributed by atoms with Gasteiger partial charge in [-0.3, -0.25) is 0 Å². The van der Waals surface area contributed by atoms with Crippen LogP contribution in [0, 0.1) is 0 Å². The Balaban J connectivity index is 1.61. The molecule has 0 N–H and O–H groups in total. The molecule has 21 heavy (non-hydrogen) atoms. The molecule has 0 aliphatic rings. The molecule has 0 aliphatic carbocycles. The number of ether oxygens (including phenoxy) is 1. The molecule has 106 valence electrons. The van der Waals surface area contributed by atoms with E-state index >= 15 is 0 Å². The lowest BCUT2D eigenvalue weighted by atomic mass is 10.1. The van der Waals surface area contributed by atoms with Crippen LogP contribution in [0.2, 0.25) is 0 Å². The largest absolute Gasteiger partial charge is 0.373 e. The summed E-state index contributed by atoms with van der Waals surface area (Å²) in [7, 11) is 2.07. The molecule has 3 rings (SSSR count). The fourth-order valence-electron chi connectivity index (χ4n) is 2.50. The second kappa shape index (κ2) is 6.42. The number of aromatic nitrogens is 1. The molecule has 3 aromatic rings. The number of nitrogens with zero attached hydrogens (tertiary/aromatic N) is 1. The van der Waals surface area contributed by atoms with Gasteiger partial charge in [0.25, 0.3) is 0 Å². The molecular weight excluding hydrogens is 258 g/mol. The molecule has 2 aromatic carbocycles. The quantitative estimate of drug-likeness (QED) is 0.630. The standard InChI is InChI=1S/C19H19NO/c1-20-14-17(18-11-5-6-12-19(18)20)10-7-13-21-15-16-8-3-2-4-9-16/h2-12,14H,13,15H2,1H3/b10-7-. The van der Waals surface area contributed by atoms with Crippen LogP contribution in [0.25, 0.3) is 17.0 Å². The topological polar surface area (TPSA) is 14.2 Å². The maximum atomic E-state index is 5.67. The third kappa shape index (κ3) is 3.23. The predicted molar refractivity (Wildman–Crippen MR) is 88.1 cm³/mol. The Morgan fingerprint density at radius 2 is 1.76 bits per heavy atom. The van der Waals surface area contributed by atoms with Gasteiger partial charge in [0.15, 0.2) is 0 Å². The second-order valence-corrected chi connectivity index (χ2v) is 5.12. The highest BCUT2D eigenvalue weighted by Gasteiger charge is 2.01. The van der Waals surface area contributed by atoms with Gasteiger partial charge in [-0.25, -0.2) is 0 Å². The van der Waals surface area contributed by atoms with Crippen molar-refractivity contribution < 1.29 is 4.74 Å². The fourth-order valence-corrected chi connectivity index (χ4v) is 2.50. The summed E-state index contributed by atoms with van der Waals surface area (Å²) < 4.78 is 7.82. The van der Waals surface area contributed by atoms with Crippen LogP contribution >= 0.6 is 0 Å². The van der Waals surface area contributed by atoms with Crippen LogP contribution in [0.15, 0.2) is 66.9 Å². The summed E-state index contributed by atoms with van der Waals surface area (Å²) >= 11 is 0. The Labute approximate surface area is 125 Å². The molecule has 0 fully saturated rings. The molecule has 0 spiro atoms. The number of hydrogen-bond acceptors (Lipinski definition) is 1. The summed E-state index contributed by atoms with van der Waals surface area (Å²) in [5, 5.41) is 1.28. The van der Waals surface area contributed by atoms with Gasteiger partial charge in [-0.2, -0.15) is 0 Å². The predicted octanol–water partition coefficient (Wildman–Crippen LogP) is 4.41. The van der Waals surface area contributed by atoms with Crippen LogP contribution < -0.4 is 0 Å². The Morgan fingerprint density at radius 1 is 1.00 bits per heavy atom. The zero-order valence-corrected chi connectivity index (χ0v) is 12.2. The zero-order chi connectivity index (χ0) is 14.5. The first-order chi connectivity index (χ1) is 10.3. The average Bonchev–Trinajstić information content (AvgIpc) is 2.85. The highest BCUT2D eigenvalue weighted by atomic mass is 16.5. The number of rotatable bonds is 5. The number of para-hydroxylation sites is 1. The lowest BCUT2D eigenvalue weighted by Gasteiger charge is -2.00. The highest BCUT2D eigenvalue weighted by molar-refractivity contribution is 5.89. The number of hydrogen-bond donors (Lipinski definition) is 0. The molecule has 0 amide bonds. The van der Waals surface area contributed by atoms with Crippen LogP contribution in [0.4, 0.5) is 0 Å². The summed E-state index contributed by atoms with van der Waals surface area (Å²) in [6.07, 6.45) is 6.36. The smallest absolute Gasteiger partial charge is 0.0721 e. The van der Waals surface area contributed by atoms with Gasteiger partial charge in [-0.1, -0.05) is 60.7 Å². The van der Waals surface area contributed by atoms with E-state index in [2.05, 4.69) is 66.4 Å². The van der Waals surface area contributed by atoms with Crippen LogP contribution in [0.3, 0.4) is 0 Å². The molecule has 0 saturated heterocycles. The SMILES string of the molecule is Cn1cc(/C=C\COCc2ccccc2)c2ccccc21. The number of benzene rings is 2. The lowest BCUT2D eigenvalue weighted by molar-refractivity contribution is 0.149. The monoisotopic (exact) mass is 277 g/mol. The van der Waals surface area contributed by atoms with Crippen molar-refractivity contribution >= 4 is 17.0 Å². The minimum atomic E-state index is 0.623. The molecule has 2 nitrogen and oxygen atoms in total. The second-order valence-electron chi connectivity index (χ2n) is 5.12. The molecule has 0 aliphatic heterocycles. The van der Waals surface area contributed by atoms with Crippen molar-refractivity contribution in [3.63, 3.8) is 0 Å². The molecule has 2 heteroatoms. The zero-order valence-electron chi connectivity index (χ0n) is 12.2. The van der Waals surface area contributed by atoms with Gasteiger partial charge in [0.05, 0.1) is 13.2 Å². The van der Waals surface area contributed by atoms with Crippen molar-refractivity contribution in [1.82, 2.24) is 4.57 Å². The average molecular weight is 277 g/mol. The van der Waals surface area contributed by atoms with E-state index in [0.717, 1.165) is 0 Å². The van der Waals surface area contributed by atoms with Crippen molar-refractivity contribution in [2.75, 3.05) is 6.61 Å². The maximum Gasteiger partial charge on any atom is 0.0721 e. The van der Waals surface area contributed by atoms with E-state index in [9.17, 15) is 0 Å². The molecule has 0 saturated carbocycles. The Morgan fingerprint density at radius 3 is 2.62 bits per heavy atom. The maximum absolute atomic E-state index is 5.67. The van der Waals surface area contributed by atoms with Gasteiger partial charge in [-0.15, -0.1) is 0 Å². The van der Waals surface area contributed by atoms with Crippen LogP contribution in [0.1, 0.15) is 11.1 Å². The van der Waals surface area contributed by atoms with Gasteiger partial charge in [-0.05, 0) is 17.2 Å². The van der Waals surface area contributed by atoms with Crippen molar-refractivity contribution in [2.45, 2.75) is 6.61 Å². The van der Waals surface area contributed by atoms with Gasteiger partial charge < -0.3 is 9.30 Å². The van der Waals surface area contributed by atoms with Gasteiger partial charge in [0.1, 0.15) is 0 Å². The van der Waals surface area contributed by atoms with Gasteiger partial charge in [0, 0.05) is 24.1 Å². The summed E-state index contributed by atoms with van der Waals surface area (Å²) in [6.45, 7) is 1.28. The minimum absolute atomic E-state index is 0.623. The summed E-state index contributed by atoms with van der Waals surface area (Å²) in [6, 6.07) is 18.7. The third-order valence-corrected chi connectivity index (χ3v) is 3.55. The fraction of sp³-hybridized carbons (Fsp3) is 0.158. The van der Waals surface area contributed by atoms with Crippen molar-refractivity contribution in [3.05, 3.63) is 78.0 Å². The number of aryl methyl sites for hydroxylation is 1. The van der Waals surface area contributed by atoms with Crippen molar-refractivity contribution in [2.24, 2.45) is 7.05 Å². The van der Waals surface area contributed by atoms with E-state index in [0.29, 0.717) is 13.2 Å². The van der Waals surface area contributed by atoms with Gasteiger partial charge in [0.2, 0.25) is 0 Å². The molecule has 0 unspecified atom stereocenters. The minimum Gasteiger partial charge on any atom is -0.373 e. The van der Waals surface area contributed by atoms with E-state index in [-0.39, 0.29) is 0 Å². The van der Waals surface area contributed by atoms with Crippen LogP contribution in [-0.2, 0) is 18.4 Å². The molecular formula is C19H19NO. The van der Waals surface area contributed by atoms with Crippen LogP contribution in [-0.4, -0.2) is 11.2 Å².